The highest BCUT2D eigenvalue weighted by molar-refractivity contribution is 7.20. The van der Waals surface area contributed by atoms with Gasteiger partial charge >= 0.3 is 0 Å². The van der Waals surface area contributed by atoms with Gasteiger partial charge in [0.15, 0.2) is 16.1 Å². The van der Waals surface area contributed by atoms with E-state index in [1.54, 1.807) is 0 Å². The van der Waals surface area contributed by atoms with Crippen LogP contribution in [0.15, 0.2) is 388 Å². The van der Waals surface area contributed by atoms with Crippen molar-refractivity contribution in [2.75, 3.05) is 9.80 Å². The molecule has 15 aromatic rings. The van der Waals surface area contributed by atoms with Gasteiger partial charge in [0.1, 0.15) is 0 Å². The minimum Gasteiger partial charge on any atom is -0.309 e. The van der Waals surface area contributed by atoms with Crippen LogP contribution in [-0.4, -0.2) is 16.1 Å². The van der Waals surface area contributed by atoms with Crippen molar-refractivity contribution >= 4 is 91.8 Å². The Morgan fingerprint density at radius 1 is 0.263 bits per heavy atom. The molecule has 99 heavy (non-hydrogen) atoms. The molecule has 0 bridgehead atoms. The average molecular weight is 1300 g/mol. The Hall–Kier alpha value is -11.7. The number of fused-ring (bicyclic) bond motifs is 4. The SMILES string of the molecule is [2H]c1c([2H])c([2H])c(-c2cccc([Si](c3ccccc3)(c3ccccc3)c3ccc4c(c3)[C@@H]3c5ccc([Si](c6ccccc6)(c6ccccc6)c6cccc(-c7ccccc7)c6)cc5N(c5ccc(C(C)(C)C)cc5-c5ccccc5)c5cccc(c53)N4c3ccccc3-c3ccccc3)c2)c([2H])c1[2H]. The summed E-state index contributed by atoms with van der Waals surface area (Å²) in [5.41, 5.74) is 18.5. The summed E-state index contributed by atoms with van der Waals surface area (Å²) in [4.78, 5) is 5.15. The van der Waals surface area contributed by atoms with Crippen LogP contribution in [0, 0.1) is 0 Å². The van der Waals surface area contributed by atoms with Gasteiger partial charge in [0.2, 0.25) is 0 Å². The van der Waals surface area contributed by atoms with Crippen LogP contribution in [0.4, 0.5) is 34.1 Å². The molecule has 0 saturated carbocycles. The van der Waals surface area contributed by atoms with Gasteiger partial charge in [-0.1, -0.05) is 366 Å². The molecule has 15 aromatic carbocycles. The Balaban J connectivity index is 1.01. The molecule has 0 unspecified atom stereocenters. The Kier molecular flexibility index (Phi) is 14.2. The van der Waals surface area contributed by atoms with Gasteiger partial charge in [-0.3, -0.25) is 0 Å². The van der Waals surface area contributed by atoms with Gasteiger partial charge in [0.05, 0.1) is 41.0 Å². The third-order valence-corrected chi connectivity index (χ3v) is 30.1. The standard InChI is InChI=1S/C95H74N2Si2/c1-95(2,3)74-57-61-88(85(65-74)71-39-18-7-19-40-71)97-91-56-32-55-90-94(91)93(84-60-58-82(67-92(84)97)99(77-47-24-10-25-48-77,78-49-26-11-27-50-78)80-52-31-42-73(64-80)69-35-14-5-15-36-69)86-66-81(59-62-89(86)96(90)87-54-29-28-53-83(87)70-37-16-6-17-38-70)98(75-43-20-8-21-44-75,76-45-22-9-23-46-76)79-51-30-41-72(63-79)68-33-12-4-13-34-68/h4-67,93H,1-3H3/t93-/m0/s1/i4D,12D,13D,33D,34D. The molecule has 4 heteroatoms. The highest BCUT2D eigenvalue weighted by Crippen LogP contribution is 2.61. The number of para-hydroxylation sites is 1. The maximum Gasteiger partial charge on any atom is 0.179 e. The van der Waals surface area contributed by atoms with Gasteiger partial charge in [-0.15, -0.1) is 0 Å². The number of hydrogen-bond acceptors (Lipinski definition) is 2. The van der Waals surface area contributed by atoms with E-state index in [1.165, 1.54) is 48.6 Å². The first kappa shape index (κ1) is 55.5. The average Bonchev–Trinajstić information content (AvgIpc) is 0.689. The molecule has 2 aliphatic heterocycles. The molecule has 0 aliphatic carbocycles. The molecule has 1 atom stereocenters. The lowest BCUT2D eigenvalue weighted by Gasteiger charge is -2.47. The summed E-state index contributed by atoms with van der Waals surface area (Å²) in [6.45, 7) is 6.92. The van der Waals surface area contributed by atoms with E-state index in [1.807, 2.05) is 12.1 Å². The van der Waals surface area contributed by atoms with E-state index >= 15 is 0 Å². The zero-order valence-electron chi connectivity index (χ0n) is 60.5. The van der Waals surface area contributed by atoms with Gasteiger partial charge in [-0.2, -0.15) is 0 Å². The molecule has 0 fully saturated rings. The molecule has 2 heterocycles. The summed E-state index contributed by atoms with van der Waals surface area (Å²) in [5.74, 6) is -0.341. The molecular weight excluding hydrogens is 1230 g/mol. The van der Waals surface area contributed by atoms with Crippen molar-refractivity contribution in [3.05, 3.63) is 410 Å². The lowest BCUT2D eigenvalue weighted by Crippen LogP contribution is -2.74. The highest BCUT2D eigenvalue weighted by atomic mass is 28.3. The van der Waals surface area contributed by atoms with E-state index in [-0.39, 0.29) is 41.1 Å². The zero-order chi connectivity index (χ0) is 70.8. The molecule has 0 amide bonds. The number of benzene rings is 15. The number of anilines is 6. The quantitative estimate of drug-likeness (QED) is 0.0791. The Labute approximate surface area is 591 Å². The summed E-state index contributed by atoms with van der Waals surface area (Å²) in [6.07, 6.45) is 0. The highest BCUT2D eigenvalue weighted by Gasteiger charge is 2.48. The van der Waals surface area contributed by atoms with E-state index < -0.39 is 22.2 Å². The summed E-state index contributed by atoms with van der Waals surface area (Å²) < 4.78 is 45.1. The number of nitrogens with zero attached hydrogens (tertiary/aromatic N) is 2. The van der Waals surface area contributed by atoms with Crippen molar-refractivity contribution in [1.29, 1.82) is 0 Å². The van der Waals surface area contributed by atoms with Crippen molar-refractivity contribution in [2.45, 2.75) is 32.1 Å². The lowest BCUT2D eigenvalue weighted by molar-refractivity contribution is 0.590. The summed E-state index contributed by atoms with van der Waals surface area (Å²) in [6, 6.07) is 131. The first-order valence-corrected chi connectivity index (χ1v) is 38.3. The predicted octanol–water partition coefficient (Wildman–Crippen LogP) is 19.2. The van der Waals surface area contributed by atoms with Crippen molar-refractivity contribution in [2.24, 2.45) is 0 Å². The van der Waals surface area contributed by atoms with E-state index in [2.05, 4.69) is 376 Å². The van der Waals surface area contributed by atoms with Crippen LogP contribution in [0.2, 0.25) is 0 Å². The second kappa shape index (κ2) is 25.4. The van der Waals surface area contributed by atoms with Gasteiger partial charge < -0.3 is 9.80 Å². The number of hydrogen-bond donors (Lipinski definition) is 0. The molecule has 0 saturated heterocycles. The molecular formula is C95H74N2Si2. The molecule has 0 aromatic heterocycles. The summed E-state index contributed by atoms with van der Waals surface area (Å²) in [7, 11) is -6.89. The molecule has 2 nitrogen and oxygen atoms in total. The summed E-state index contributed by atoms with van der Waals surface area (Å²) in [5, 5.41) is 9.50. The van der Waals surface area contributed by atoms with Crippen LogP contribution in [0.3, 0.4) is 0 Å². The number of rotatable bonds is 14. The Morgan fingerprint density at radius 2 is 0.646 bits per heavy atom. The zero-order valence-corrected chi connectivity index (χ0v) is 57.5. The molecule has 472 valence electrons. The van der Waals surface area contributed by atoms with Crippen molar-refractivity contribution in [3.63, 3.8) is 0 Å². The van der Waals surface area contributed by atoms with Crippen LogP contribution in [0.1, 0.15) is 55.8 Å². The molecule has 17 rings (SSSR count). The molecule has 0 spiro atoms. The lowest BCUT2D eigenvalue weighted by atomic mass is 9.75. The molecule has 0 radical (unpaired) electrons. The van der Waals surface area contributed by atoms with Crippen molar-refractivity contribution < 1.29 is 6.85 Å². The van der Waals surface area contributed by atoms with Crippen LogP contribution < -0.4 is 51.3 Å². The minimum atomic E-state index is -3.57. The van der Waals surface area contributed by atoms with E-state index in [0.29, 0.717) is 5.56 Å². The normalized spacial score (nSPS) is 14.0. The third-order valence-electron chi connectivity index (χ3n) is 20.6. The third kappa shape index (κ3) is 10.5. The van der Waals surface area contributed by atoms with E-state index in [9.17, 15) is 2.74 Å². The van der Waals surface area contributed by atoms with Crippen molar-refractivity contribution in [1.82, 2.24) is 0 Å². The van der Waals surface area contributed by atoms with Gasteiger partial charge in [-0.05, 0) is 139 Å². The van der Waals surface area contributed by atoms with Crippen LogP contribution >= 0.6 is 0 Å². The monoisotopic (exact) mass is 1300 g/mol. The van der Waals surface area contributed by atoms with Crippen LogP contribution in [0.5, 0.6) is 0 Å². The smallest absolute Gasteiger partial charge is 0.179 e. The van der Waals surface area contributed by atoms with Gasteiger partial charge in [0.25, 0.3) is 0 Å². The molecule has 0 N–H and O–H groups in total. The first-order chi connectivity index (χ1) is 50.8. The fourth-order valence-electron chi connectivity index (χ4n) is 16.1. The Morgan fingerprint density at radius 3 is 1.18 bits per heavy atom. The predicted molar refractivity (Wildman–Crippen MR) is 424 cm³/mol. The van der Waals surface area contributed by atoms with Crippen LogP contribution in [0.25, 0.3) is 44.5 Å². The summed E-state index contributed by atoms with van der Waals surface area (Å²) >= 11 is 0. The Bertz CT molecular complexity index is 5630. The second-order valence-electron chi connectivity index (χ2n) is 27.1. The first-order valence-electron chi connectivity index (χ1n) is 36.8. The van der Waals surface area contributed by atoms with E-state index in [0.717, 1.165) is 82.7 Å². The molecule has 2 aliphatic rings. The largest absolute Gasteiger partial charge is 0.309 e. The van der Waals surface area contributed by atoms with E-state index in [4.69, 9.17) is 4.11 Å². The minimum absolute atomic E-state index is 0.162. The fraction of sp³-hybridized carbons (Fsp3) is 0.0526. The maximum absolute atomic E-state index is 9.35. The van der Waals surface area contributed by atoms with Crippen LogP contribution in [-0.2, 0) is 5.41 Å². The second-order valence-corrected chi connectivity index (χ2v) is 34.7. The van der Waals surface area contributed by atoms with Crippen molar-refractivity contribution in [3.8, 4) is 44.5 Å². The fourth-order valence-corrected chi connectivity index (χ4v) is 25.7. The topological polar surface area (TPSA) is 6.48 Å². The van der Waals surface area contributed by atoms with Gasteiger partial charge in [0, 0.05) is 22.6 Å². The van der Waals surface area contributed by atoms with Gasteiger partial charge in [-0.25, -0.2) is 0 Å². The maximum atomic E-state index is 9.35.